The molecule has 0 bridgehead atoms. The van der Waals surface area contributed by atoms with Crippen LogP contribution >= 0.6 is 0 Å². The normalized spacial score (nSPS) is 16.8. The number of carbonyl (C=O) groups is 2. The van der Waals surface area contributed by atoms with Crippen molar-refractivity contribution < 1.29 is 14.7 Å². The lowest BCUT2D eigenvalue weighted by molar-refractivity contribution is -0.131. The monoisotopic (exact) mass is 274 g/mol. The Morgan fingerprint density at radius 2 is 2.20 bits per heavy atom. The number of hydrogen-bond donors (Lipinski definition) is 2. The quantitative estimate of drug-likeness (QED) is 0.827. The van der Waals surface area contributed by atoms with Crippen LogP contribution in [0.15, 0.2) is 18.3 Å². The van der Waals surface area contributed by atoms with Crippen LogP contribution < -0.4 is 5.32 Å². The van der Waals surface area contributed by atoms with Crippen LogP contribution in [0.25, 0.3) is 6.08 Å². The van der Waals surface area contributed by atoms with E-state index in [9.17, 15) is 9.59 Å². The number of carbonyl (C=O) groups excluding carboxylic acids is 1. The summed E-state index contributed by atoms with van der Waals surface area (Å²) in [6.45, 7) is 4.02. The van der Waals surface area contributed by atoms with Gasteiger partial charge in [0, 0.05) is 12.3 Å². The van der Waals surface area contributed by atoms with E-state index in [1.807, 2.05) is 19.9 Å². The number of nitrogens with one attached hydrogen (secondary N) is 1. The highest BCUT2D eigenvalue weighted by Gasteiger charge is 2.39. The van der Waals surface area contributed by atoms with Gasteiger partial charge in [-0.15, -0.1) is 0 Å². The molecule has 0 saturated heterocycles. The van der Waals surface area contributed by atoms with E-state index in [4.69, 9.17) is 5.11 Å². The van der Waals surface area contributed by atoms with Crippen LogP contribution in [0.5, 0.6) is 0 Å². The zero-order valence-electron chi connectivity index (χ0n) is 11.6. The topological polar surface area (TPSA) is 79.3 Å². The Balaban J connectivity index is 2.35. The van der Waals surface area contributed by atoms with Crippen molar-refractivity contribution in [2.24, 2.45) is 5.41 Å². The Morgan fingerprint density at radius 3 is 2.80 bits per heavy atom. The molecule has 0 aromatic carbocycles. The SMILES string of the molecule is CCC1(CC)Cc2cc(C=CC(=O)O)cnc2NC1=O. The lowest BCUT2D eigenvalue weighted by Gasteiger charge is -2.35. The van der Waals surface area contributed by atoms with E-state index < -0.39 is 5.97 Å². The summed E-state index contributed by atoms with van der Waals surface area (Å²) in [5, 5.41) is 11.5. The van der Waals surface area contributed by atoms with Crippen LogP contribution in [0, 0.1) is 5.41 Å². The number of anilines is 1. The number of aliphatic carboxylic acids is 1. The Labute approximate surface area is 117 Å². The first-order valence-electron chi connectivity index (χ1n) is 6.72. The van der Waals surface area contributed by atoms with Crippen LogP contribution in [-0.4, -0.2) is 22.0 Å². The van der Waals surface area contributed by atoms with Gasteiger partial charge in [0.1, 0.15) is 5.82 Å². The van der Waals surface area contributed by atoms with E-state index in [1.165, 1.54) is 6.08 Å². The number of nitrogens with zero attached hydrogens (tertiary/aromatic N) is 1. The van der Waals surface area contributed by atoms with Gasteiger partial charge >= 0.3 is 5.97 Å². The smallest absolute Gasteiger partial charge is 0.328 e. The largest absolute Gasteiger partial charge is 0.478 e. The molecule has 2 rings (SSSR count). The summed E-state index contributed by atoms with van der Waals surface area (Å²) in [6, 6.07) is 1.89. The highest BCUT2D eigenvalue weighted by molar-refractivity contribution is 5.97. The van der Waals surface area contributed by atoms with Crippen molar-refractivity contribution in [1.29, 1.82) is 0 Å². The maximum atomic E-state index is 12.2. The van der Waals surface area contributed by atoms with Crippen LogP contribution in [0.2, 0.25) is 0 Å². The molecule has 2 N–H and O–H groups in total. The van der Waals surface area contributed by atoms with Crippen LogP contribution in [0.4, 0.5) is 5.82 Å². The molecular formula is C15H18N2O3. The molecule has 0 aliphatic carbocycles. The second-order valence-electron chi connectivity index (χ2n) is 5.07. The summed E-state index contributed by atoms with van der Waals surface area (Å²) >= 11 is 0. The third-order valence-electron chi connectivity index (χ3n) is 4.00. The third kappa shape index (κ3) is 2.57. The third-order valence-corrected chi connectivity index (χ3v) is 4.00. The molecule has 106 valence electrons. The zero-order chi connectivity index (χ0) is 14.8. The number of amides is 1. The van der Waals surface area contributed by atoms with Gasteiger partial charge in [-0.1, -0.05) is 13.8 Å². The molecule has 1 aliphatic heterocycles. The molecule has 1 aromatic rings. The lowest BCUT2D eigenvalue weighted by atomic mass is 9.74. The van der Waals surface area contributed by atoms with Crippen molar-refractivity contribution in [3.05, 3.63) is 29.5 Å². The first-order chi connectivity index (χ1) is 9.50. The summed E-state index contributed by atoms with van der Waals surface area (Å²) < 4.78 is 0. The fourth-order valence-electron chi connectivity index (χ4n) is 2.54. The second kappa shape index (κ2) is 5.45. The number of fused-ring (bicyclic) bond motifs is 1. The summed E-state index contributed by atoms with van der Waals surface area (Å²) in [5.41, 5.74) is 1.30. The Morgan fingerprint density at radius 1 is 1.50 bits per heavy atom. The average Bonchev–Trinajstić information content (AvgIpc) is 2.44. The maximum Gasteiger partial charge on any atom is 0.328 e. The summed E-state index contributed by atoms with van der Waals surface area (Å²) in [4.78, 5) is 26.9. The minimum absolute atomic E-state index is 0.0244. The van der Waals surface area contributed by atoms with E-state index >= 15 is 0 Å². The Hall–Kier alpha value is -2.17. The molecule has 1 aliphatic rings. The molecule has 1 aromatic heterocycles. The predicted octanol–water partition coefficient (Wildman–Crippen LogP) is 2.48. The zero-order valence-corrected chi connectivity index (χ0v) is 11.6. The number of carboxylic acid groups (broad SMARTS) is 1. The molecule has 0 saturated carbocycles. The average molecular weight is 274 g/mol. The predicted molar refractivity (Wildman–Crippen MR) is 76.3 cm³/mol. The van der Waals surface area contributed by atoms with Gasteiger partial charge in [-0.25, -0.2) is 9.78 Å². The van der Waals surface area contributed by atoms with Crippen molar-refractivity contribution in [2.45, 2.75) is 33.1 Å². The van der Waals surface area contributed by atoms with Gasteiger partial charge in [0.15, 0.2) is 0 Å². The van der Waals surface area contributed by atoms with E-state index in [0.717, 1.165) is 30.0 Å². The van der Waals surface area contributed by atoms with Crippen molar-refractivity contribution in [3.63, 3.8) is 0 Å². The number of aromatic nitrogens is 1. The van der Waals surface area contributed by atoms with E-state index in [0.29, 0.717) is 12.2 Å². The highest BCUT2D eigenvalue weighted by atomic mass is 16.4. The number of carboxylic acids is 1. The molecule has 5 nitrogen and oxygen atoms in total. The molecule has 0 atom stereocenters. The minimum atomic E-state index is -0.993. The van der Waals surface area contributed by atoms with Crippen molar-refractivity contribution >= 4 is 23.8 Å². The van der Waals surface area contributed by atoms with Gasteiger partial charge in [-0.3, -0.25) is 4.79 Å². The Kier molecular flexibility index (Phi) is 3.88. The molecule has 0 fully saturated rings. The van der Waals surface area contributed by atoms with Crippen LogP contribution in [-0.2, 0) is 16.0 Å². The lowest BCUT2D eigenvalue weighted by Crippen LogP contribution is -2.41. The molecule has 20 heavy (non-hydrogen) atoms. The van der Waals surface area contributed by atoms with E-state index in [1.54, 1.807) is 6.20 Å². The summed E-state index contributed by atoms with van der Waals surface area (Å²) in [7, 11) is 0. The Bertz CT molecular complexity index is 574. The molecule has 2 heterocycles. The van der Waals surface area contributed by atoms with Gasteiger partial charge in [0.25, 0.3) is 0 Å². The van der Waals surface area contributed by atoms with E-state index in [-0.39, 0.29) is 11.3 Å². The van der Waals surface area contributed by atoms with Crippen molar-refractivity contribution in [2.75, 3.05) is 5.32 Å². The van der Waals surface area contributed by atoms with Gasteiger partial charge < -0.3 is 10.4 Å². The number of rotatable bonds is 4. The molecule has 0 radical (unpaired) electrons. The first kappa shape index (κ1) is 14.2. The van der Waals surface area contributed by atoms with Crippen molar-refractivity contribution in [3.8, 4) is 0 Å². The highest BCUT2D eigenvalue weighted by Crippen LogP contribution is 2.38. The molecule has 0 unspecified atom stereocenters. The first-order valence-corrected chi connectivity index (χ1v) is 6.72. The van der Waals surface area contributed by atoms with Gasteiger partial charge in [0.05, 0.1) is 5.41 Å². The van der Waals surface area contributed by atoms with Crippen LogP contribution in [0.3, 0.4) is 0 Å². The van der Waals surface area contributed by atoms with E-state index in [2.05, 4.69) is 10.3 Å². The van der Waals surface area contributed by atoms with Gasteiger partial charge in [-0.2, -0.15) is 0 Å². The molecule has 0 spiro atoms. The fraction of sp³-hybridized carbons (Fsp3) is 0.400. The van der Waals surface area contributed by atoms with Crippen LogP contribution in [0.1, 0.15) is 37.8 Å². The summed E-state index contributed by atoms with van der Waals surface area (Å²) in [5.74, 6) is -0.385. The molecular weight excluding hydrogens is 256 g/mol. The van der Waals surface area contributed by atoms with Gasteiger partial charge in [-0.05, 0) is 42.5 Å². The standard InChI is InChI=1S/C15H18N2O3/c1-3-15(4-2)8-11-7-10(5-6-12(18)19)9-16-13(11)17-14(15)20/h5-7,9H,3-4,8H2,1-2H3,(H,18,19)(H,16,17,20). The minimum Gasteiger partial charge on any atom is -0.478 e. The van der Waals surface area contributed by atoms with Crippen molar-refractivity contribution in [1.82, 2.24) is 4.98 Å². The number of hydrogen-bond acceptors (Lipinski definition) is 3. The van der Waals surface area contributed by atoms with Gasteiger partial charge in [0.2, 0.25) is 5.91 Å². The molecule has 5 heteroatoms. The second-order valence-corrected chi connectivity index (χ2v) is 5.07. The summed E-state index contributed by atoms with van der Waals surface area (Å²) in [6.07, 6.45) is 6.32. The maximum absolute atomic E-state index is 12.2. The number of pyridine rings is 1. The molecule has 1 amide bonds. The fourth-order valence-corrected chi connectivity index (χ4v) is 2.54.